The minimum absolute atomic E-state index is 0.0458. The molecule has 0 aliphatic rings. The summed E-state index contributed by atoms with van der Waals surface area (Å²) in [6.07, 6.45) is 2.66. The van der Waals surface area contributed by atoms with E-state index in [0.29, 0.717) is 36.8 Å². The molecular formula is C32H37N3O5. The fourth-order valence-electron chi connectivity index (χ4n) is 4.63. The Balaban J connectivity index is 1.51. The van der Waals surface area contributed by atoms with Crippen LogP contribution < -0.4 is 14.2 Å². The van der Waals surface area contributed by atoms with Crippen molar-refractivity contribution in [3.8, 4) is 17.2 Å². The highest BCUT2D eigenvalue weighted by molar-refractivity contribution is 5.86. The molecule has 3 aromatic carbocycles. The summed E-state index contributed by atoms with van der Waals surface area (Å²) >= 11 is 0. The number of hydrogen-bond donors (Lipinski definition) is 1. The van der Waals surface area contributed by atoms with Gasteiger partial charge in [-0.15, -0.1) is 0 Å². The second kappa shape index (κ2) is 13.6. The molecule has 8 nitrogen and oxygen atoms in total. The van der Waals surface area contributed by atoms with Gasteiger partial charge in [-0.2, -0.15) is 0 Å². The van der Waals surface area contributed by atoms with Crippen molar-refractivity contribution in [2.75, 3.05) is 33.9 Å². The summed E-state index contributed by atoms with van der Waals surface area (Å²) in [4.78, 5) is 33.6. The van der Waals surface area contributed by atoms with Gasteiger partial charge in [0.1, 0.15) is 12.3 Å². The van der Waals surface area contributed by atoms with Crippen LogP contribution in [0.2, 0.25) is 0 Å². The number of hydrogen-bond acceptors (Lipinski definition) is 5. The number of benzene rings is 3. The lowest BCUT2D eigenvalue weighted by Gasteiger charge is -2.30. The van der Waals surface area contributed by atoms with Crippen molar-refractivity contribution >= 4 is 22.7 Å². The van der Waals surface area contributed by atoms with Crippen LogP contribution in [0.1, 0.15) is 25.0 Å². The number of aromatic nitrogens is 1. The molecule has 0 aliphatic heterocycles. The van der Waals surface area contributed by atoms with Crippen LogP contribution in [0.4, 0.5) is 0 Å². The van der Waals surface area contributed by atoms with E-state index in [2.05, 4.69) is 11.1 Å². The molecule has 0 atom stereocenters. The molecule has 4 aromatic rings. The van der Waals surface area contributed by atoms with E-state index < -0.39 is 0 Å². The van der Waals surface area contributed by atoms with Gasteiger partial charge in [-0.1, -0.05) is 42.5 Å². The molecule has 0 saturated heterocycles. The van der Waals surface area contributed by atoms with E-state index in [0.717, 1.165) is 22.0 Å². The number of carbonyl (C=O) groups is 2. The van der Waals surface area contributed by atoms with Crippen molar-refractivity contribution in [1.29, 1.82) is 0 Å². The highest BCUT2D eigenvalue weighted by atomic mass is 16.5. The van der Waals surface area contributed by atoms with Gasteiger partial charge in [0.05, 0.1) is 14.2 Å². The molecule has 1 heterocycles. The number of amides is 2. The van der Waals surface area contributed by atoms with Crippen LogP contribution in [0, 0.1) is 0 Å². The number of carbonyl (C=O) groups excluding carboxylic acids is 2. The minimum atomic E-state index is -0.241. The first kappa shape index (κ1) is 28.5. The first-order valence-corrected chi connectivity index (χ1v) is 13.4. The second-order valence-corrected chi connectivity index (χ2v) is 9.83. The van der Waals surface area contributed by atoms with E-state index >= 15 is 0 Å². The first-order valence-electron chi connectivity index (χ1n) is 13.4. The molecule has 40 heavy (non-hydrogen) atoms. The zero-order valence-electron chi connectivity index (χ0n) is 23.6. The third-order valence-electron chi connectivity index (χ3n) is 6.85. The van der Waals surface area contributed by atoms with Crippen molar-refractivity contribution in [2.45, 2.75) is 32.9 Å². The molecule has 210 valence electrons. The Hall–Kier alpha value is -4.46. The molecule has 0 unspecified atom stereocenters. The Morgan fingerprint density at radius 1 is 0.875 bits per heavy atom. The number of nitrogens with one attached hydrogen (secondary N) is 1. The second-order valence-electron chi connectivity index (χ2n) is 9.83. The molecule has 0 spiro atoms. The zero-order valence-corrected chi connectivity index (χ0v) is 23.6. The van der Waals surface area contributed by atoms with Crippen molar-refractivity contribution in [3.05, 3.63) is 90.1 Å². The van der Waals surface area contributed by atoms with E-state index in [-0.39, 0.29) is 31.0 Å². The standard InChI is InChI=1S/C32H37N3O5/c1-23(2)35(32(37)22-40-26-10-6-5-7-11-26)21-31(36)34(20-24-14-15-29(38-3)30(18-24)39-4)17-16-25-19-33-28-13-9-8-12-27(25)28/h5-15,18-19,23,33H,16-17,20-22H2,1-4H3. The van der Waals surface area contributed by atoms with Gasteiger partial charge in [0.2, 0.25) is 5.91 Å². The average Bonchev–Trinajstić information content (AvgIpc) is 3.39. The summed E-state index contributed by atoms with van der Waals surface area (Å²) < 4.78 is 16.5. The molecule has 0 bridgehead atoms. The number of H-pyrrole nitrogens is 1. The summed E-state index contributed by atoms with van der Waals surface area (Å²) in [5, 5.41) is 1.14. The summed E-state index contributed by atoms with van der Waals surface area (Å²) in [5.41, 5.74) is 3.10. The van der Waals surface area contributed by atoms with Crippen LogP contribution in [-0.4, -0.2) is 66.6 Å². The molecular weight excluding hydrogens is 506 g/mol. The van der Waals surface area contributed by atoms with E-state index in [4.69, 9.17) is 14.2 Å². The van der Waals surface area contributed by atoms with Gasteiger partial charge in [0.25, 0.3) is 5.91 Å². The van der Waals surface area contributed by atoms with Crippen LogP contribution >= 0.6 is 0 Å². The number of para-hydroxylation sites is 2. The van der Waals surface area contributed by atoms with Gasteiger partial charge in [-0.3, -0.25) is 9.59 Å². The van der Waals surface area contributed by atoms with Crippen LogP contribution in [-0.2, 0) is 22.6 Å². The normalized spacial score (nSPS) is 10.9. The van der Waals surface area contributed by atoms with Crippen molar-refractivity contribution in [2.24, 2.45) is 0 Å². The molecule has 4 rings (SSSR count). The number of rotatable bonds is 13. The maximum atomic E-state index is 13.8. The van der Waals surface area contributed by atoms with Gasteiger partial charge >= 0.3 is 0 Å². The maximum absolute atomic E-state index is 13.8. The summed E-state index contributed by atoms with van der Waals surface area (Å²) in [6.45, 7) is 4.46. The van der Waals surface area contributed by atoms with Gasteiger partial charge in [-0.25, -0.2) is 0 Å². The van der Waals surface area contributed by atoms with Crippen LogP contribution in [0.15, 0.2) is 79.0 Å². The molecule has 8 heteroatoms. The van der Waals surface area contributed by atoms with E-state index in [9.17, 15) is 9.59 Å². The molecule has 0 aliphatic carbocycles. The highest BCUT2D eigenvalue weighted by Crippen LogP contribution is 2.28. The molecule has 0 saturated carbocycles. The quantitative estimate of drug-likeness (QED) is 0.255. The van der Waals surface area contributed by atoms with E-state index in [1.165, 1.54) is 0 Å². The van der Waals surface area contributed by atoms with E-state index in [1.54, 1.807) is 36.2 Å². The average molecular weight is 544 g/mol. The van der Waals surface area contributed by atoms with Crippen LogP contribution in [0.3, 0.4) is 0 Å². The number of ether oxygens (including phenoxy) is 3. The van der Waals surface area contributed by atoms with Crippen molar-refractivity contribution < 1.29 is 23.8 Å². The largest absolute Gasteiger partial charge is 0.493 e. The fourth-order valence-corrected chi connectivity index (χ4v) is 4.63. The monoisotopic (exact) mass is 543 g/mol. The summed E-state index contributed by atoms with van der Waals surface area (Å²) in [7, 11) is 3.18. The van der Waals surface area contributed by atoms with Crippen molar-refractivity contribution in [3.63, 3.8) is 0 Å². The Bertz CT molecular complexity index is 1420. The van der Waals surface area contributed by atoms with Gasteiger partial charge in [0, 0.05) is 36.2 Å². The lowest BCUT2D eigenvalue weighted by molar-refractivity contribution is -0.143. The lowest BCUT2D eigenvalue weighted by atomic mass is 10.1. The minimum Gasteiger partial charge on any atom is -0.493 e. The molecule has 0 radical (unpaired) electrons. The fraction of sp³-hybridized carbons (Fsp3) is 0.312. The van der Waals surface area contributed by atoms with Crippen LogP contribution in [0.5, 0.6) is 17.2 Å². The molecule has 2 amide bonds. The smallest absolute Gasteiger partial charge is 0.261 e. The maximum Gasteiger partial charge on any atom is 0.261 e. The van der Waals surface area contributed by atoms with Crippen molar-refractivity contribution in [1.82, 2.24) is 14.8 Å². The Morgan fingerprint density at radius 3 is 2.33 bits per heavy atom. The predicted octanol–water partition coefficient (Wildman–Crippen LogP) is 5.07. The lowest BCUT2D eigenvalue weighted by Crippen LogP contribution is -2.47. The Morgan fingerprint density at radius 2 is 1.60 bits per heavy atom. The number of methoxy groups -OCH3 is 2. The van der Waals surface area contributed by atoms with E-state index in [1.807, 2.05) is 74.6 Å². The summed E-state index contributed by atoms with van der Waals surface area (Å²) in [6, 6.07) is 22.8. The third-order valence-corrected chi connectivity index (χ3v) is 6.85. The molecule has 1 N–H and O–H groups in total. The van der Waals surface area contributed by atoms with Crippen LogP contribution in [0.25, 0.3) is 10.9 Å². The summed E-state index contributed by atoms with van der Waals surface area (Å²) in [5.74, 6) is 1.45. The topological polar surface area (TPSA) is 84.1 Å². The highest BCUT2D eigenvalue weighted by Gasteiger charge is 2.24. The third kappa shape index (κ3) is 7.14. The molecule has 0 fully saturated rings. The number of aromatic amines is 1. The van der Waals surface area contributed by atoms with Gasteiger partial charge < -0.3 is 29.0 Å². The predicted molar refractivity (Wildman–Crippen MR) is 156 cm³/mol. The Kier molecular flexibility index (Phi) is 9.67. The zero-order chi connectivity index (χ0) is 28.5. The number of fused-ring (bicyclic) bond motifs is 1. The van der Waals surface area contributed by atoms with Gasteiger partial charge in [0.15, 0.2) is 18.1 Å². The Labute approximate surface area is 235 Å². The SMILES string of the molecule is COc1ccc(CN(CCc2c[nH]c3ccccc23)C(=O)CN(C(=O)COc2ccccc2)C(C)C)cc1OC. The first-order chi connectivity index (χ1) is 19.4. The number of nitrogens with zero attached hydrogens (tertiary/aromatic N) is 2. The molecule has 1 aromatic heterocycles. The van der Waals surface area contributed by atoms with Gasteiger partial charge in [-0.05, 0) is 61.7 Å².